The average Bonchev–Trinajstić information content (AvgIpc) is 3.21. The van der Waals surface area contributed by atoms with Crippen molar-refractivity contribution in [3.63, 3.8) is 0 Å². The number of halogens is 3. The quantitative estimate of drug-likeness (QED) is 0.438. The van der Waals surface area contributed by atoms with Crippen LogP contribution in [0.1, 0.15) is 23.6 Å². The third-order valence-corrected chi connectivity index (χ3v) is 4.45. The van der Waals surface area contributed by atoms with Crippen LogP contribution in [0.25, 0.3) is 11.1 Å². The first-order valence-corrected chi connectivity index (χ1v) is 9.98. The molecule has 2 heterocycles. The summed E-state index contributed by atoms with van der Waals surface area (Å²) in [6.45, 7) is 3.62. The van der Waals surface area contributed by atoms with Crippen molar-refractivity contribution in [3.8, 4) is 11.1 Å². The second-order valence-electron chi connectivity index (χ2n) is 7.25. The number of hydrogen-bond donors (Lipinski definition) is 1. The van der Waals surface area contributed by atoms with Gasteiger partial charge in [0, 0.05) is 24.9 Å². The Balaban J connectivity index is 0.000000235. The molecule has 6 nitrogen and oxygen atoms in total. The van der Waals surface area contributed by atoms with Gasteiger partial charge in [0.05, 0.1) is 5.56 Å². The Labute approximate surface area is 188 Å². The van der Waals surface area contributed by atoms with Crippen LogP contribution in [0.15, 0.2) is 83.8 Å². The van der Waals surface area contributed by atoms with Crippen LogP contribution in [0.3, 0.4) is 0 Å². The molecule has 0 spiro atoms. The van der Waals surface area contributed by atoms with Gasteiger partial charge < -0.3 is 0 Å². The molecule has 0 fully saturated rings. The zero-order valence-corrected chi connectivity index (χ0v) is 18.0. The number of benzene rings is 2. The normalized spacial score (nSPS) is 10.8. The Bertz CT molecular complexity index is 1190. The van der Waals surface area contributed by atoms with Crippen molar-refractivity contribution in [1.29, 1.82) is 0 Å². The van der Waals surface area contributed by atoms with Gasteiger partial charge in [-0.15, -0.1) is 0 Å². The second-order valence-corrected chi connectivity index (χ2v) is 7.25. The molecule has 0 bridgehead atoms. The summed E-state index contributed by atoms with van der Waals surface area (Å²) in [5.74, 6) is 0.142. The monoisotopic (exact) mass is 455 g/mol. The van der Waals surface area contributed by atoms with E-state index < -0.39 is 11.7 Å². The lowest BCUT2D eigenvalue weighted by Gasteiger charge is -2.05. The predicted octanol–water partition coefficient (Wildman–Crippen LogP) is 5.04. The van der Waals surface area contributed by atoms with Gasteiger partial charge in [-0.3, -0.25) is 19.6 Å². The van der Waals surface area contributed by atoms with E-state index in [1.54, 1.807) is 30.1 Å². The first-order valence-electron chi connectivity index (χ1n) is 9.98. The van der Waals surface area contributed by atoms with E-state index in [9.17, 15) is 18.0 Å². The Morgan fingerprint density at radius 2 is 1.82 bits per heavy atom. The number of nitrogens with zero attached hydrogens (tertiary/aromatic N) is 3. The highest BCUT2D eigenvalue weighted by molar-refractivity contribution is 5.86. The fourth-order valence-electron chi connectivity index (χ4n) is 2.93. The van der Waals surface area contributed by atoms with Crippen molar-refractivity contribution in [2.24, 2.45) is 0 Å². The van der Waals surface area contributed by atoms with Crippen LogP contribution in [0, 0.1) is 6.92 Å². The number of rotatable bonds is 4. The minimum absolute atomic E-state index is 0.191. The van der Waals surface area contributed by atoms with Gasteiger partial charge >= 0.3 is 12.1 Å². The average molecular weight is 455 g/mol. The summed E-state index contributed by atoms with van der Waals surface area (Å²) in [6.07, 6.45) is 1.02. The van der Waals surface area contributed by atoms with Gasteiger partial charge in [0.25, 0.3) is 6.20 Å². The zero-order chi connectivity index (χ0) is 23.8. The highest BCUT2D eigenvalue weighted by Gasteiger charge is 2.29. The predicted molar refractivity (Wildman–Crippen MR) is 116 cm³/mol. The molecular weight excluding hydrogens is 433 g/mol. The largest absolute Gasteiger partial charge is 0.416 e. The number of aryl methyl sites for hydroxylation is 1. The molecule has 0 unspecified atom stereocenters. The molecule has 2 aromatic heterocycles. The van der Waals surface area contributed by atoms with Crippen LogP contribution < -0.4 is 10.00 Å². The van der Waals surface area contributed by atoms with Gasteiger partial charge in [0.1, 0.15) is 0 Å². The first kappa shape index (κ1) is 23.6. The topological polar surface area (TPSA) is 71.9 Å². The molecular formula is C24H22F3N4O2+. The summed E-state index contributed by atoms with van der Waals surface area (Å²) < 4.78 is 42.5. The van der Waals surface area contributed by atoms with E-state index in [-0.39, 0.29) is 5.91 Å². The van der Waals surface area contributed by atoms with E-state index in [1.807, 2.05) is 42.6 Å². The molecule has 0 aliphatic heterocycles. The number of aromatic nitrogens is 3. The summed E-state index contributed by atoms with van der Waals surface area (Å²) in [7, 11) is 0. The minimum Gasteiger partial charge on any atom is -0.289 e. The fourth-order valence-corrected chi connectivity index (χ4v) is 2.93. The maximum Gasteiger partial charge on any atom is 0.416 e. The smallest absolute Gasteiger partial charge is 0.289 e. The van der Waals surface area contributed by atoms with Crippen LogP contribution >= 0.6 is 0 Å². The molecule has 9 heteroatoms. The van der Waals surface area contributed by atoms with Gasteiger partial charge in [-0.25, -0.2) is 0 Å². The lowest BCUT2D eigenvalue weighted by molar-refractivity contribution is -0.754. The molecule has 0 aliphatic carbocycles. The summed E-state index contributed by atoms with van der Waals surface area (Å²) in [6, 6.07) is 17.3. The molecule has 4 aromatic rings. The van der Waals surface area contributed by atoms with Crippen LogP contribution in [0.2, 0.25) is 0 Å². The Hall–Kier alpha value is -4.01. The van der Waals surface area contributed by atoms with Crippen LogP contribution in [0.5, 0.6) is 0 Å². The van der Waals surface area contributed by atoms with E-state index in [0.717, 1.165) is 28.8 Å². The molecule has 1 N–H and O–H groups in total. The number of hydrogen-bond acceptors (Lipinski definition) is 4. The van der Waals surface area contributed by atoms with Gasteiger partial charge in [-0.1, -0.05) is 54.1 Å². The maximum absolute atomic E-state index is 12.0. The second kappa shape index (κ2) is 10.5. The molecule has 0 aliphatic rings. The fraction of sp³-hybridized carbons (Fsp3) is 0.167. The van der Waals surface area contributed by atoms with Crippen molar-refractivity contribution >= 4 is 11.8 Å². The summed E-state index contributed by atoms with van der Waals surface area (Å²) >= 11 is 0. The molecule has 170 valence electrons. The molecule has 0 saturated carbocycles. The van der Waals surface area contributed by atoms with E-state index in [2.05, 4.69) is 15.6 Å². The van der Waals surface area contributed by atoms with Gasteiger partial charge in [-0.05, 0) is 34.9 Å². The van der Waals surface area contributed by atoms with E-state index in [0.29, 0.717) is 18.0 Å². The number of carbonyl (C=O) groups is 1. The molecule has 33 heavy (non-hydrogen) atoms. The van der Waals surface area contributed by atoms with Crippen molar-refractivity contribution in [1.82, 2.24) is 10.3 Å². The maximum atomic E-state index is 12.0. The lowest BCUT2D eigenvalue weighted by atomic mass is 10.1. The molecule has 2 aromatic carbocycles. The van der Waals surface area contributed by atoms with Gasteiger partial charge in [-0.2, -0.15) is 13.2 Å². The van der Waals surface area contributed by atoms with Crippen molar-refractivity contribution in [2.75, 3.05) is 5.32 Å². The molecule has 4 rings (SSSR count). The van der Waals surface area contributed by atoms with E-state index in [1.165, 1.54) is 13.0 Å². The number of alkyl halides is 3. The van der Waals surface area contributed by atoms with Crippen molar-refractivity contribution in [2.45, 2.75) is 26.6 Å². The molecule has 0 atom stereocenters. The minimum atomic E-state index is -4.22. The summed E-state index contributed by atoms with van der Waals surface area (Å²) in [5.41, 5.74) is 3.31. The highest BCUT2D eigenvalue weighted by Crippen LogP contribution is 2.29. The number of pyridine rings is 1. The third kappa shape index (κ3) is 7.27. The first-order chi connectivity index (χ1) is 15.7. The number of nitrogens with one attached hydrogen (secondary N) is 1. The summed E-state index contributed by atoms with van der Waals surface area (Å²) in [5, 5.41) is 6.41. The van der Waals surface area contributed by atoms with E-state index >= 15 is 0 Å². The Morgan fingerprint density at radius 3 is 2.39 bits per heavy atom. The lowest BCUT2D eigenvalue weighted by Crippen LogP contribution is -2.35. The number of amides is 1. The summed E-state index contributed by atoms with van der Waals surface area (Å²) in [4.78, 5) is 15.1. The highest BCUT2D eigenvalue weighted by atomic mass is 19.4. The number of carbonyl (C=O) groups excluding carboxylic acids is 1. The SMILES string of the molecule is CC(=O)Nc1c[n+](Cc2ccc(-c3cccnc3)cc2)no1.Cc1cccc(C(F)(F)F)c1. The number of anilines is 1. The molecule has 1 amide bonds. The third-order valence-electron chi connectivity index (χ3n) is 4.45. The molecule has 0 saturated heterocycles. The van der Waals surface area contributed by atoms with Crippen LogP contribution in [-0.4, -0.2) is 16.2 Å². The van der Waals surface area contributed by atoms with Gasteiger partial charge in [0.2, 0.25) is 17.7 Å². The van der Waals surface area contributed by atoms with Crippen molar-refractivity contribution < 1.29 is 27.2 Å². The van der Waals surface area contributed by atoms with Crippen molar-refractivity contribution in [3.05, 3.63) is 95.9 Å². The zero-order valence-electron chi connectivity index (χ0n) is 18.0. The van der Waals surface area contributed by atoms with E-state index in [4.69, 9.17) is 4.52 Å². The van der Waals surface area contributed by atoms with Gasteiger partial charge in [0.15, 0.2) is 0 Å². The Kier molecular flexibility index (Phi) is 7.55. The molecule has 0 radical (unpaired) electrons. The van der Waals surface area contributed by atoms with Crippen LogP contribution in [0.4, 0.5) is 19.1 Å². The standard InChI is InChI=1S/C16H14N4O2.C8H7F3/c1-12(21)18-16-11-20(19-22-16)10-13-4-6-14(7-5-13)15-3-2-8-17-9-15;1-6-3-2-4-7(5-6)8(9,10)11/h2-9,11H,10H2,1H3;2-5H,1H3/p+1. The van der Waals surface area contributed by atoms with Crippen LogP contribution in [-0.2, 0) is 17.5 Å². The Morgan fingerprint density at radius 1 is 1.06 bits per heavy atom.